The number of hydrogen-bond acceptors (Lipinski definition) is 3. The Labute approximate surface area is 193 Å². The van der Waals surface area contributed by atoms with Gasteiger partial charge in [0, 0.05) is 16.3 Å². The molecule has 0 aliphatic carbocycles. The van der Waals surface area contributed by atoms with E-state index in [1.165, 1.54) is 17.5 Å². The van der Waals surface area contributed by atoms with Crippen LogP contribution < -0.4 is 0 Å². The molecule has 1 aromatic heterocycles. The molecule has 5 heteroatoms. The Morgan fingerprint density at radius 1 is 0.871 bits per heavy atom. The number of aromatic nitrogens is 3. The molecule has 0 bridgehead atoms. The van der Waals surface area contributed by atoms with Gasteiger partial charge in [-0.15, -0.1) is 10.2 Å². The average Bonchev–Trinajstić information content (AvgIpc) is 3.23. The van der Waals surface area contributed by atoms with E-state index in [1.807, 2.05) is 30.3 Å². The molecule has 0 aliphatic heterocycles. The Hall–Kier alpha value is -2.56. The molecule has 0 N–H and O–H groups in total. The van der Waals surface area contributed by atoms with Gasteiger partial charge in [-0.25, -0.2) is 0 Å². The maximum atomic E-state index is 6.26. The number of halogens is 1. The van der Waals surface area contributed by atoms with Crippen LogP contribution in [0.2, 0.25) is 5.02 Å². The lowest BCUT2D eigenvalue weighted by atomic mass is 10.1. The van der Waals surface area contributed by atoms with E-state index in [2.05, 4.69) is 76.3 Å². The highest BCUT2D eigenvalue weighted by Crippen LogP contribution is 2.32. The Morgan fingerprint density at radius 2 is 1.61 bits per heavy atom. The van der Waals surface area contributed by atoms with E-state index in [9.17, 15) is 0 Å². The zero-order valence-corrected chi connectivity index (χ0v) is 19.2. The summed E-state index contributed by atoms with van der Waals surface area (Å²) in [6, 6.07) is 29.1. The van der Waals surface area contributed by atoms with Crippen LogP contribution in [0.3, 0.4) is 0 Å². The van der Waals surface area contributed by atoms with Crippen molar-refractivity contribution < 1.29 is 0 Å². The number of nitrogens with zero attached hydrogens (tertiary/aromatic N) is 3. The molecule has 0 spiro atoms. The minimum atomic E-state index is 0.122. The lowest BCUT2D eigenvalue weighted by Crippen LogP contribution is -2.10. The van der Waals surface area contributed by atoms with Crippen LogP contribution in [0.1, 0.15) is 36.9 Å². The first kappa shape index (κ1) is 21.7. The first-order chi connectivity index (χ1) is 15.2. The van der Waals surface area contributed by atoms with E-state index in [-0.39, 0.29) is 6.04 Å². The molecule has 0 radical (unpaired) electrons. The number of thioether (sulfide) groups is 1. The van der Waals surface area contributed by atoms with E-state index in [0.717, 1.165) is 35.1 Å². The lowest BCUT2D eigenvalue weighted by Gasteiger charge is -2.18. The van der Waals surface area contributed by atoms with Gasteiger partial charge in [0.2, 0.25) is 0 Å². The molecule has 0 aliphatic rings. The molecule has 0 amide bonds. The fraction of sp³-hybridized carbons (Fsp3) is 0.231. The molecule has 1 unspecified atom stereocenters. The van der Waals surface area contributed by atoms with Gasteiger partial charge < -0.3 is 0 Å². The summed E-state index contributed by atoms with van der Waals surface area (Å²) in [6.07, 6.45) is 3.42. The maximum Gasteiger partial charge on any atom is 0.192 e. The van der Waals surface area contributed by atoms with Crippen LogP contribution >= 0.6 is 23.4 Å². The Balaban J connectivity index is 1.51. The molecule has 1 atom stereocenters. The standard InChI is InChI=1S/C26H26ClN3S/c1-20(22-14-6-3-7-15-22)30-25(23-16-10-17-24(27)19-23)28-29-26(30)31-18-9-8-13-21-11-4-2-5-12-21/h2-7,10-12,14-17,19-20H,8-9,13,18H2,1H3. The molecule has 3 aromatic carbocycles. The molecule has 0 fully saturated rings. The molecule has 4 rings (SSSR count). The number of benzene rings is 3. The highest BCUT2D eigenvalue weighted by molar-refractivity contribution is 7.99. The minimum absolute atomic E-state index is 0.122. The van der Waals surface area contributed by atoms with E-state index in [1.54, 1.807) is 11.8 Å². The van der Waals surface area contributed by atoms with Crippen molar-refractivity contribution in [3.63, 3.8) is 0 Å². The minimum Gasteiger partial charge on any atom is -0.295 e. The van der Waals surface area contributed by atoms with Gasteiger partial charge in [0.05, 0.1) is 6.04 Å². The Bertz CT molecular complexity index is 1100. The van der Waals surface area contributed by atoms with Crippen molar-refractivity contribution in [2.24, 2.45) is 0 Å². The fourth-order valence-corrected chi connectivity index (χ4v) is 4.87. The topological polar surface area (TPSA) is 30.7 Å². The van der Waals surface area contributed by atoms with Crippen molar-refractivity contribution in [3.8, 4) is 11.4 Å². The highest BCUT2D eigenvalue weighted by atomic mass is 35.5. The van der Waals surface area contributed by atoms with Crippen LogP contribution in [0.5, 0.6) is 0 Å². The predicted molar refractivity (Wildman–Crippen MR) is 131 cm³/mol. The van der Waals surface area contributed by atoms with Crippen LogP contribution in [0.15, 0.2) is 90.1 Å². The fourth-order valence-electron chi connectivity index (χ4n) is 3.67. The first-order valence-electron chi connectivity index (χ1n) is 10.6. The first-order valence-corrected chi connectivity index (χ1v) is 12.0. The quantitative estimate of drug-likeness (QED) is 0.199. The molecule has 158 valence electrons. The van der Waals surface area contributed by atoms with E-state index >= 15 is 0 Å². The SMILES string of the molecule is CC(c1ccccc1)n1c(SCCCCc2ccccc2)nnc1-c1cccc(Cl)c1. The van der Waals surface area contributed by atoms with Gasteiger partial charge in [0.1, 0.15) is 0 Å². The third-order valence-electron chi connectivity index (χ3n) is 5.35. The Morgan fingerprint density at radius 3 is 2.35 bits per heavy atom. The molecular weight excluding hydrogens is 422 g/mol. The molecule has 0 saturated heterocycles. The Kier molecular flexibility index (Phi) is 7.44. The summed E-state index contributed by atoms with van der Waals surface area (Å²) in [5.41, 5.74) is 3.62. The van der Waals surface area contributed by atoms with E-state index in [0.29, 0.717) is 5.02 Å². The highest BCUT2D eigenvalue weighted by Gasteiger charge is 2.20. The second-order valence-electron chi connectivity index (χ2n) is 7.56. The predicted octanol–water partition coefficient (Wildman–Crippen LogP) is 7.32. The average molecular weight is 448 g/mol. The van der Waals surface area contributed by atoms with Crippen molar-refractivity contribution in [2.75, 3.05) is 5.75 Å². The number of hydrogen-bond donors (Lipinski definition) is 0. The molecular formula is C26H26ClN3S. The maximum absolute atomic E-state index is 6.26. The number of rotatable bonds is 9. The third-order valence-corrected chi connectivity index (χ3v) is 6.61. The van der Waals surface area contributed by atoms with Gasteiger partial charge in [0.25, 0.3) is 0 Å². The zero-order chi connectivity index (χ0) is 21.5. The van der Waals surface area contributed by atoms with Crippen molar-refractivity contribution in [1.29, 1.82) is 0 Å². The van der Waals surface area contributed by atoms with Gasteiger partial charge >= 0.3 is 0 Å². The monoisotopic (exact) mass is 447 g/mol. The summed E-state index contributed by atoms with van der Waals surface area (Å²) in [6.45, 7) is 2.20. The van der Waals surface area contributed by atoms with Gasteiger partial charge in [0.15, 0.2) is 11.0 Å². The molecule has 4 aromatic rings. The van der Waals surface area contributed by atoms with E-state index < -0.39 is 0 Å². The molecule has 31 heavy (non-hydrogen) atoms. The van der Waals surface area contributed by atoms with Crippen LogP contribution in [-0.4, -0.2) is 20.5 Å². The summed E-state index contributed by atoms with van der Waals surface area (Å²) in [5.74, 6) is 1.87. The second-order valence-corrected chi connectivity index (χ2v) is 9.06. The van der Waals surface area contributed by atoms with Crippen molar-refractivity contribution in [2.45, 2.75) is 37.4 Å². The molecule has 3 nitrogen and oxygen atoms in total. The largest absolute Gasteiger partial charge is 0.295 e. The van der Waals surface area contributed by atoms with Crippen LogP contribution in [0.25, 0.3) is 11.4 Å². The van der Waals surface area contributed by atoms with Gasteiger partial charge in [-0.1, -0.05) is 96.2 Å². The summed E-state index contributed by atoms with van der Waals surface area (Å²) < 4.78 is 2.24. The number of unbranched alkanes of at least 4 members (excludes halogenated alkanes) is 1. The summed E-state index contributed by atoms with van der Waals surface area (Å²) in [5, 5.41) is 10.8. The van der Waals surface area contributed by atoms with Gasteiger partial charge in [-0.2, -0.15) is 0 Å². The van der Waals surface area contributed by atoms with Crippen molar-refractivity contribution in [1.82, 2.24) is 14.8 Å². The third kappa shape index (κ3) is 5.57. The normalized spacial score (nSPS) is 12.1. The summed E-state index contributed by atoms with van der Waals surface area (Å²) >= 11 is 8.04. The lowest BCUT2D eigenvalue weighted by molar-refractivity contribution is 0.588. The molecule has 0 saturated carbocycles. The summed E-state index contributed by atoms with van der Waals surface area (Å²) in [7, 11) is 0. The van der Waals surface area contributed by atoms with Gasteiger partial charge in [-0.05, 0) is 49.4 Å². The van der Waals surface area contributed by atoms with E-state index in [4.69, 9.17) is 11.6 Å². The second kappa shape index (κ2) is 10.7. The van der Waals surface area contributed by atoms with Gasteiger partial charge in [-0.3, -0.25) is 4.57 Å². The number of aryl methyl sites for hydroxylation is 1. The van der Waals surface area contributed by atoms with Crippen LogP contribution in [-0.2, 0) is 6.42 Å². The van der Waals surface area contributed by atoms with Crippen molar-refractivity contribution >= 4 is 23.4 Å². The van der Waals surface area contributed by atoms with Crippen LogP contribution in [0, 0.1) is 0 Å². The smallest absolute Gasteiger partial charge is 0.192 e. The summed E-state index contributed by atoms with van der Waals surface area (Å²) in [4.78, 5) is 0. The van der Waals surface area contributed by atoms with Crippen molar-refractivity contribution in [3.05, 3.63) is 101 Å². The zero-order valence-electron chi connectivity index (χ0n) is 17.6. The van der Waals surface area contributed by atoms with Crippen LogP contribution in [0.4, 0.5) is 0 Å². The molecule has 1 heterocycles.